The molecule has 0 saturated heterocycles. The molecule has 2 heterocycles. The first-order chi connectivity index (χ1) is 13.0. The van der Waals surface area contributed by atoms with Crippen molar-refractivity contribution in [1.82, 2.24) is 14.3 Å². The van der Waals surface area contributed by atoms with Gasteiger partial charge < -0.3 is 4.74 Å². The highest BCUT2D eigenvalue weighted by Gasteiger charge is 2.09. The van der Waals surface area contributed by atoms with E-state index in [1.807, 2.05) is 31.5 Å². The number of benzene rings is 2. The second-order valence-corrected chi connectivity index (χ2v) is 7.64. The van der Waals surface area contributed by atoms with Crippen LogP contribution in [0.1, 0.15) is 17.0 Å². The number of fused-ring (bicyclic) bond motifs is 2. The zero-order valence-electron chi connectivity index (χ0n) is 15.6. The third kappa shape index (κ3) is 3.59. The van der Waals surface area contributed by atoms with Gasteiger partial charge in [-0.1, -0.05) is 18.2 Å². The number of aromatic nitrogens is 2. The average molecular weight is 379 g/mol. The Morgan fingerprint density at radius 2 is 1.89 bits per heavy atom. The minimum Gasteiger partial charge on any atom is -0.497 e. The molecule has 4 aromatic rings. The van der Waals surface area contributed by atoms with E-state index in [4.69, 9.17) is 4.74 Å². The third-order valence-corrected chi connectivity index (χ3v) is 5.57. The summed E-state index contributed by atoms with van der Waals surface area (Å²) in [4.78, 5) is 19.9. The summed E-state index contributed by atoms with van der Waals surface area (Å²) in [5.74, 6) is 0.865. The molecule has 2 aromatic carbocycles. The number of hydrogen-bond donors (Lipinski definition) is 0. The molecule has 0 fully saturated rings. The van der Waals surface area contributed by atoms with Gasteiger partial charge in [0.25, 0.3) is 5.56 Å². The first-order valence-electron chi connectivity index (χ1n) is 8.75. The van der Waals surface area contributed by atoms with Gasteiger partial charge in [0.1, 0.15) is 5.75 Å². The van der Waals surface area contributed by atoms with Gasteiger partial charge >= 0.3 is 0 Å². The summed E-state index contributed by atoms with van der Waals surface area (Å²) in [7, 11) is 3.72. The first kappa shape index (κ1) is 17.7. The molecule has 0 radical (unpaired) electrons. The molecule has 0 N–H and O–H groups in total. The predicted molar refractivity (Wildman–Crippen MR) is 110 cm³/mol. The summed E-state index contributed by atoms with van der Waals surface area (Å²) >= 11 is 1.50. The van der Waals surface area contributed by atoms with Gasteiger partial charge in [-0.25, -0.2) is 4.98 Å². The van der Waals surface area contributed by atoms with Crippen molar-refractivity contribution in [1.29, 1.82) is 0 Å². The van der Waals surface area contributed by atoms with E-state index < -0.39 is 0 Å². The topological polar surface area (TPSA) is 46.8 Å². The summed E-state index contributed by atoms with van der Waals surface area (Å²) < 4.78 is 6.94. The smallest absolute Gasteiger partial charge is 0.259 e. The number of aryl methyl sites for hydroxylation is 1. The molecule has 0 bridgehead atoms. The quantitative estimate of drug-likeness (QED) is 0.528. The lowest BCUT2D eigenvalue weighted by Crippen LogP contribution is -2.21. The SMILES string of the molecule is COc1ccc2cc(CN(C)Cc3cc(=O)n4c(C)csc4n3)ccc2c1. The van der Waals surface area contributed by atoms with Crippen LogP contribution in [0.25, 0.3) is 15.7 Å². The summed E-state index contributed by atoms with van der Waals surface area (Å²) in [6.07, 6.45) is 0. The van der Waals surface area contributed by atoms with Crippen molar-refractivity contribution in [3.8, 4) is 5.75 Å². The molecule has 0 saturated carbocycles. The highest BCUT2D eigenvalue weighted by atomic mass is 32.1. The lowest BCUT2D eigenvalue weighted by atomic mass is 10.1. The van der Waals surface area contributed by atoms with Crippen LogP contribution in [0.3, 0.4) is 0 Å². The highest BCUT2D eigenvalue weighted by molar-refractivity contribution is 7.15. The summed E-state index contributed by atoms with van der Waals surface area (Å²) in [5.41, 5.74) is 2.94. The molecule has 138 valence electrons. The van der Waals surface area contributed by atoms with Crippen LogP contribution in [0, 0.1) is 6.92 Å². The van der Waals surface area contributed by atoms with Crippen LogP contribution < -0.4 is 10.3 Å². The van der Waals surface area contributed by atoms with Crippen LogP contribution in [-0.2, 0) is 13.1 Å². The Morgan fingerprint density at radius 1 is 1.11 bits per heavy atom. The maximum absolute atomic E-state index is 12.3. The van der Waals surface area contributed by atoms with E-state index in [1.165, 1.54) is 22.3 Å². The van der Waals surface area contributed by atoms with Crippen molar-refractivity contribution in [3.05, 3.63) is 75.1 Å². The molecule has 0 aliphatic carbocycles. The van der Waals surface area contributed by atoms with Gasteiger partial charge in [0, 0.05) is 30.2 Å². The van der Waals surface area contributed by atoms with E-state index in [2.05, 4.69) is 34.1 Å². The fourth-order valence-corrected chi connectivity index (χ4v) is 4.22. The van der Waals surface area contributed by atoms with Crippen LogP contribution in [-0.4, -0.2) is 28.4 Å². The molecule has 2 aromatic heterocycles. The van der Waals surface area contributed by atoms with Crippen molar-refractivity contribution in [2.24, 2.45) is 0 Å². The molecular weight excluding hydrogens is 358 g/mol. The number of rotatable bonds is 5. The Labute approximate surface area is 161 Å². The van der Waals surface area contributed by atoms with E-state index in [1.54, 1.807) is 17.6 Å². The van der Waals surface area contributed by atoms with Crippen LogP contribution in [0.5, 0.6) is 5.75 Å². The van der Waals surface area contributed by atoms with Gasteiger partial charge in [-0.05, 0) is 48.5 Å². The van der Waals surface area contributed by atoms with Crippen molar-refractivity contribution < 1.29 is 4.74 Å². The molecule has 5 nitrogen and oxygen atoms in total. The average Bonchev–Trinajstić information content (AvgIpc) is 3.02. The largest absolute Gasteiger partial charge is 0.497 e. The maximum atomic E-state index is 12.3. The number of ether oxygens (including phenoxy) is 1. The van der Waals surface area contributed by atoms with Crippen LogP contribution in [0.15, 0.2) is 52.6 Å². The number of nitrogens with zero attached hydrogens (tertiary/aromatic N) is 3. The van der Waals surface area contributed by atoms with Crippen molar-refractivity contribution in [2.75, 3.05) is 14.2 Å². The van der Waals surface area contributed by atoms with Gasteiger partial charge in [-0.15, -0.1) is 11.3 Å². The third-order valence-electron chi connectivity index (χ3n) is 4.62. The van der Waals surface area contributed by atoms with E-state index in [0.29, 0.717) is 6.54 Å². The Hall–Kier alpha value is -2.70. The Bertz CT molecular complexity index is 1180. The minimum absolute atomic E-state index is 0.0122. The molecule has 0 aliphatic heterocycles. The highest BCUT2D eigenvalue weighted by Crippen LogP contribution is 2.22. The molecule has 0 unspecified atom stereocenters. The van der Waals surface area contributed by atoms with E-state index >= 15 is 0 Å². The van der Waals surface area contributed by atoms with Crippen molar-refractivity contribution in [3.63, 3.8) is 0 Å². The zero-order valence-corrected chi connectivity index (χ0v) is 16.4. The Morgan fingerprint density at radius 3 is 2.70 bits per heavy atom. The lowest BCUT2D eigenvalue weighted by Gasteiger charge is -2.16. The number of thiazole rings is 1. The van der Waals surface area contributed by atoms with Crippen LogP contribution >= 0.6 is 11.3 Å². The van der Waals surface area contributed by atoms with E-state index in [9.17, 15) is 4.79 Å². The normalized spacial score (nSPS) is 11.6. The molecule has 6 heteroatoms. The second kappa shape index (κ2) is 7.13. The first-order valence-corrected chi connectivity index (χ1v) is 9.63. The zero-order chi connectivity index (χ0) is 19.0. The van der Waals surface area contributed by atoms with Gasteiger partial charge in [0.05, 0.1) is 12.8 Å². The minimum atomic E-state index is -0.0122. The van der Waals surface area contributed by atoms with Gasteiger partial charge in [-0.2, -0.15) is 0 Å². The summed E-state index contributed by atoms with van der Waals surface area (Å²) in [5, 5.41) is 4.31. The van der Waals surface area contributed by atoms with E-state index in [0.717, 1.165) is 34.0 Å². The monoisotopic (exact) mass is 379 g/mol. The summed E-state index contributed by atoms with van der Waals surface area (Å²) in [6.45, 7) is 3.34. The maximum Gasteiger partial charge on any atom is 0.259 e. The van der Waals surface area contributed by atoms with Gasteiger partial charge in [0.2, 0.25) is 0 Å². The number of methoxy groups -OCH3 is 1. The van der Waals surface area contributed by atoms with E-state index in [-0.39, 0.29) is 5.56 Å². The molecular formula is C21H21N3O2S. The van der Waals surface area contributed by atoms with Crippen LogP contribution in [0.4, 0.5) is 0 Å². The summed E-state index contributed by atoms with van der Waals surface area (Å²) in [6, 6.07) is 14.2. The fraction of sp³-hybridized carbons (Fsp3) is 0.238. The predicted octanol–water partition coefficient (Wildman–Crippen LogP) is 3.86. The van der Waals surface area contributed by atoms with Gasteiger partial charge in [-0.3, -0.25) is 14.1 Å². The Balaban J connectivity index is 1.53. The molecule has 4 rings (SSSR count). The molecule has 0 spiro atoms. The van der Waals surface area contributed by atoms with Crippen molar-refractivity contribution in [2.45, 2.75) is 20.0 Å². The van der Waals surface area contributed by atoms with Crippen LogP contribution in [0.2, 0.25) is 0 Å². The molecule has 27 heavy (non-hydrogen) atoms. The fourth-order valence-electron chi connectivity index (χ4n) is 3.32. The molecule has 0 amide bonds. The lowest BCUT2D eigenvalue weighted by molar-refractivity contribution is 0.315. The number of hydrogen-bond acceptors (Lipinski definition) is 5. The second-order valence-electron chi connectivity index (χ2n) is 6.80. The standard InChI is InChI=1S/C21H21N3O2S/c1-14-13-27-21-22-18(10-20(25)24(14)21)12-23(2)11-15-4-5-17-9-19(26-3)7-6-16(17)8-15/h4-10,13H,11-12H2,1-3H3. The molecule has 0 aliphatic rings. The van der Waals surface area contributed by atoms with Crippen molar-refractivity contribution >= 4 is 27.1 Å². The molecule has 0 atom stereocenters. The van der Waals surface area contributed by atoms with Gasteiger partial charge in [0.15, 0.2) is 4.96 Å². The Kier molecular flexibility index (Phi) is 4.68.